The quantitative estimate of drug-likeness (QED) is 0.538. The maximum absolute atomic E-state index is 11.4. The molecular weight excluding hydrogens is 495 g/mol. The molecule has 2 heterocycles. The molecule has 0 fully saturated rings. The molecule has 25 heavy (non-hydrogen) atoms. The van der Waals surface area contributed by atoms with E-state index in [2.05, 4.69) is 16.0 Å². The van der Waals surface area contributed by atoms with Gasteiger partial charge in [0.25, 0.3) is 0 Å². The van der Waals surface area contributed by atoms with Crippen LogP contribution in [0.15, 0.2) is 60.7 Å². The Hall–Kier alpha value is -2.32. The Morgan fingerprint density at radius 1 is 0.920 bits per heavy atom. The van der Waals surface area contributed by atoms with Crippen molar-refractivity contribution in [3.05, 3.63) is 72.4 Å². The Morgan fingerprint density at radius 3 is 2.20 bits per heavy atom. The van der Waals surface area contributed by atoms with E-state index in [0.717, 1.165) is 11.3 Å². The fraction of sp³-hybridized carbons (Fsp3) is 0.150. The SMILES string of the molecule is CC(C)(C(=O)O)c1cccc(-c2cccc(-c3[c-]cccc3)n2)n1.[Pt]. The summed E-state index contributed by atoms with van der Waals surface area (Å²) < 4.78 is 0. The molecule has 0 aliphatic rings. The molecule has 5 heteroatoms. The van der Waals surface area contributed by atoms with Gasteiger partial charge >= 0.3 is 5.97 Å². The Bertz CT molecular complexity index is 880. The number of benzene rings is 1. The van der Waals surface area contributed by atoms with Crippen LogP contribution in [0.5, 0.6) is 0 Å². The second kappa shape index (κ2) is 7.71. The molecule has 1 N–H and O–H groups in total. The molecule has 3 aromatic rings. The summed E-state index contributed by atoms with van der Waals surface area (Å²) in [5.41, 5.74) is 2.51. The van der Waals surface area contributed by atoms with Gasteiger partial charge in [-0.3, -0.25) is 14.8 Å². The van der Waals surface area contributed by atoms with Crippen LogP contribution >= 0.6 is 0 Å². The topological polar surface area (TPSA) is 63.1 Å². The summed E-state index contributed by atoms with van der Waals surface area (Å²) >= 11 is 0. The first-order chi connectivity index (χ1) is 11.5. The molecule has 0 amide bonds. The molecule has 0 spiro atoms. The van der Waals surface area contributed by atoms with Gasteiger partial charge in [0.05, 0.1) is 17.1 Å². The number of aliphatic carboxylic acids is 1. The zero-order valence-corrected chi connectivity index (χ0v) is 16.1. The molecule has 0 saturated carbocycles. The fourth-order valence-corrected chi connectivity index (χ4v) is 2.32. The first-order valence-electron chi connectivity index (χ1n) is 7.64. The standard InChI is InChI=1S/C20H17N2O2.Pt/c1-20(2,19(23)24)18-13-7-12-17(22-18)16-11-6-10-15(21-16)14-8-4-3-5-9-14;/h3-8,10-13H,1-2H3,(H,23,24);/q-1;. The minimum atomic E-state index is -1.05. The van der Waals surface area contributed by atoms with Crippen molar-refractivity contribution >= 4 is 5.97 Å². The van der Waals surface area contributed by atoms with Crippen molar-refractivity contribution < 1.29 is 31.0 Å². The molecule has 1 aromatic carbocycles. The van der Waals surface area contributed by atoms with Crippen molar-refractivity contribution in [2.45, 2.75) is 19.3 Å². The molecule has 0 radical (unpaired) electrons. The largest absolute Gasteiger partial charge is 0.481 e. The molecule has 0 saturated heterocycles. The molecule has 3 rings (SSSR count). The predicted octanol–water partition coefficient (Wildman–Crippen LogP) is 3.97. The van der Waals surface area contributed by atoms with Crippen molar-refractivity contribution in [2.75, 3.05) is 0 Å². The van der Waals surface area contributed by atoms with E-state index in [4.69, 9.17) is 0 Å². The summed E-state index contributed by atoms with van der Waals surface area (Å²) in [6.45, 7) is 3.29. The van der Waals surface area contributed by atoms with Gasteiger partial charge in [0.15, 0.2) is 0 Å². The first kappa shape index (κ1) is 19.0. The summed E-state index contributed by atoms with van der Waals surface area (Å²) in [6, 6.07) is 21.9. The van der Waals surface area contributed by atoms with Crippen LogP contribution in [0.3, 0.4) is 0 Å². The van der Waals surface area contributed by atoms with E-state index in [-0.39, 0.29) is 21.1 Å². The van der Waals surface area contributed by atoms with Crippen LogP contribution in [0, 0.1) is 6.07 Å². The van der Waals surface area contributed by atoms with Gasteiger partial charge in [-0.25, -0.2) is 0 Å². The van der Waals surface area contributed by atoms with Gasteiger partial charge in [-0.05, 0) is 37.7 Å². The average Bonchev–Trinajstić information content (AvgIpc) is 2.62. The maximum Gasteiger partial charge on any atom is 0.315 e. The molecule has 130 valence electrons. The zero-order chi connectivity index (χ0) is 17.2. The Labute approximate surface area is 161 Å². The second-order valence-electron chi connectivity index (χ2n) is 6.02. The average molecular weight is 512 g/mol. The summed E-state index contributed by atoms with van der Waals surface area (Å²) in [7, 11) is 0. The molecule has 0 atom stereocenters. The van der Waals surface area contributed by atoms with Gasteiger partial charge in [-0.2, -0.15) is 0 Å². The van der Waals surface area contributed by atoms with E-state index < -0.39 is 11.4 Å². The number of hydrogen-bond donors (Lipinski definition) is 1. The Morgan fingerprint density at radius 2 is 1.56 bits per heavy atom. The number of carboxylic acids is 1. The normalized spacial score (nSPS) is 10.8. The summed E-state index contributed by atoms with van der Waals surface area (Å²) in [5, 5.41) is 9.39. The van der Waals surface area contributed by atoms with Crippen molar-refractivity contribution in [1.29, 1.82) is 0 Å². The van der Waals surface area contributed by atoms with Crippen LogP contribution in [0.1, 0.15) is 19.5 Å². The van der Waals surface area contributed by atoms with Crippen molar-refractivity contribution in [3.63, 3.8) is 0 Å². The van der Waals surface area contributed by atoms with Gasteiger partial charge in [-0.15, -0.1) is 35.9 Å². The summed E-state index contributed by atoms with van der Waals surface area (Å²) in [5.74, 6) is -0.909. The van der Waals surface area contributed by atoms with Crippen LogP contribution in [-0.2, 0) is 31.3 Å². The Balaban J connectivity index is 0.00000225. The maximum atomic E-state index is 11.4. The first-order valence-corrected chi connectivity index (χ1v) is 7.64. The van der Waals surface area contributed by atoms with E-state index in [0.29, 0.717) is 17.1 Å². The summed E-state index contributed by atoms with van der Waals surface area (Å²) in [4.78, 5) is 20.6. The van der Waals surface area contributed by atoms with Gasteiger partial charge in [-0.1, -0.05) is 18.2 Å². The number of nitrogens with zero attached hydrogens (tertiary/aromatic N) is 2. The second-order valence-corrected chi connectivity index (χ2v) is 6.02. The number of pyridine rings is 2. The monoisotopic (exact) mass is 512 g/mol. The summed E-state index contributed by atoms with van der Waals surface area (Å²) in [6.07, 6.45) is 0. The fourth-order valence-electron chi connectivity index (χ4n) is 2.32. The third-order valence-electron chi connectivity index (χ3n) is 3.92. The third kappa shape index (κ3) is 4.02. The number of aromatic nitrogens is 2. The Kier molecular flexibility index (Phi) is 5.86. The van der Waals surface area contributed by atoms with Crippen LogP contribution in [0.2, 0.25) is 0 Å². The van der Waals surface area contributed by atoms with Gasteiger partial charge in [0.2, 0.25) is 0 Å². The van der Waals surface area contributed by atoms with Gasteiger partial charge in [0, 0.05) is 21.1 Å². The molecule has 4 nitrogen and oxygen atoms in total. The van der Waals surface area contributed by atoms with Crippen LogP contribution in [0.25, 0.3) is 22.6 Å². The van der Waals surface area contributed by atoms with E-state index >= 15 is 0 Å². The van der Waals surface area contributed by atoms with E-state index in [1.165, 1.54) is 0 Å². The smallest absolute Gasteiger partial charge is 0.315 e. The van der Waals surface area contributed by atoms with Gasteiger partial charge < -0.3 is 5.11 Å². The molecule has 0 aliphatic carbocycles. The van der Waals surface area contributed by atoms with Crippen LogP contribution < -0.4 is 0 Å². The van der Waals surface area contributed by atoms with Crippen molar-refractivity contribution in [3.8, 4) is 22.6 Å². The molecular formula is C20H17N2O2Pt-. The minimum absolute atomic E-state index is 0. The van der Waals surface area contributed by atoms with Crippen LogP contribution in [-0.4, -0.2) is 21.0 Å². The number of hydrogen-bond acceptors (Lipinski definition) is 3. The molecule has 0 unspecified atom stereocenters. The minimum Gasteiger partial charge on any atom is -0.481 e. The van der Waals surface area contributed by atoms with Crippen molar-refractivity contribution in [1.82, 2.24) is 9.97 Å². The number of carboxylic acid groups (broad SMARTS) is 1. The zero-order valence-electron chi connectivity index (χ0n) is 13.8. The van der Waals surface area contributed by atoms with Crippen molar-refractivity contribution in [2.24, 2.45) is 0 Å². The van der Waals surface area contributed by atoms with Crippen LogP contribution in [0.4, 0.5) is 0 Å². The predicted molar refractivity (Wildman–Crippen MR) is 92.4 cm³/mol. The van der Waals surface area contributed by atoms with E-state index in [9.17, 15) is 9.90 Å². The molecule has 0 bridgehead atoms. The molecule has 0 aliphatic heterocycles. The van der Waals surface area contributed by atoms with E-state index in [1.54, 1.807) is 19.9 Å². The van der Waals surface area contributed by atoms with Gasteiger partial charge in [0.1, 0.15) is 5.41 Å². The van der Waals surface area contributed by atoms with E-state index in [1.807, 2.05) is 54.6 Å². The number of carbonyl (C=O) groups is 1. The molecule has 2 aromatic heterocycles. The third-order valence-corrected chi connectivity index (χ3v) is 3.92. The number of rotatable bonds is 4.